The lowest BCUT2D eigenvalue weighted by molar-refractivity contribution is 0.126. The highest BCUT2D eigenvalue weighted by molar-refractivity contribution is 5.74. The van der Waals surface area contributed by atoms with Crippen LogP contribution >= 0.6 is 0 Å². The minimum absolute atomic E-state index is 0.114. The maximum Gasteiger partial charge on any atom is 0.318 e. The van der Waals surface area contributed by atoms with Crippen molar-refractivity contribution in [1.82, 2.24) is 15.1 Å². The molecule has 7 heteroatoms. The van der Waals surface area contributed by atoms with E-state index < -0.39 is 0 Å². The van der Waals surface area contributed by atoms with Gasteiger partial charge >= 0.3 is 6.03 Å². The number of carbonyl (C=O) groups excluding carboxylic acids is 1. The van der Waals surface area contributed by atoms with Gasteiger partial charge in [0.2, 0.25) is 0 Å². The van der Waals surface area contributed by atoms with Gasteiger partial charge in [-0.2, -0.15) is 0 Å². The van der Waals surface area contributed by atoms with E-state index in [9.17, 15) is 9.18 Å². The second kappa shape index (κ2) is 11.9. The largest absolute Gasteiger partial charge is 0.496 e. The predicted octanol–water partition coefficient (Wildman–Crippen LogP) is 4.68. The number of halogens is 1. The van der Waals surface area contributed by atoms with Crippen LogP contribution in [0, 0.1) is 11.7 Å². The molecule has 0 spiro atoms. The number of urea groups is 1. The number of hydrogen-bond donors (Lipinski definition) is 1. The van der Waals surface area contributed by atoms with Gasteiger partial charge in [0.15, 0.2) is 0 Å². The summed E-state index contributed by atoms with van der Waals surface area (Å²) in [4.78, 5) is 17.4. The van der Waals surface area contributed by atoms with Crippen molar-refractivity contribution < 1.29 is 18.7 Å². The molecule has 0 aliphatic carbocycles. The molecule has 1 N–H and O–H groups in total. The highest BCUT2D eigenvalue weighted by Crippen LogP contribution is 2.25. The zero-order valence-corrected chi connectivity index (χ0v) is 20.1. The standard InChI is InChI=1S/C26H36FN3O3/c1-19(2)18-33-24-9-5-20(6-10-24)16-28-26(31)30(23-11-13-29(3)14-12-23)17-21-7-8-22(27)15-25(21)32-4/h5-10,15,19,23H,11-14,16-18H2,1-4H3,(H,28,31). The number of amides is 2. The van der Waals surface area contributed by atoms with Crippen molar-refractivity contribution in [2.75, 3.05) is 33.9 Å². The third-order valence-corrected chi connectivity index (χ3v) is 5.93. The quantitative estimate of drug-likeness (QED) is 0.594. The molecule has 1 aliphatic heterocycles. The highest BCUT2D eigenvalue weighted by Gasteiger charge is 2.28. The maximum atomic E-state index is 13.7. The number of hydrogen-bond acceptors (Lipinski definition) is 4. The zero-order valence-electron chi connectivity index (χ0n) is 20.1. The van der Waals surface area contributed by atoms with Crippen LogP contribution in [-0.4, -0.2) is 55.7 Å². The average Bonchev–Trinajstić information content (AvgIpc) is 2.81. The molecule has 0 bridgehead atoms. The average molecular weight is 458 g/mol. The van der Waals surface area contributed by atoms with Gasteiger partial charge in [0.1, 0.15) is 17.3 Å². The highest BCUT2D eigenvalue weighted by atomic mass is 19.1. The summed E-state index contributed by atoms with van der Waals surface area (Å²) >= 11 is 0. The maximum absolute atomic E-state index is 13.7. The van der Waals surface area contributed by atoms with Gasteiger partial charge in [-0.3, -0.25) is 0 Å². The molecule has 6 nitrogen and oxygen atoms in total. The lowest BCUT2D eigenvalue weighted by Gasteiger charge is -2.37. The Morgan fingerprint density at radius 1 is 1.18 bits per heavy atom. The van der Waals surface area contributed by atoms with Gasteiger partial charge in [-0.25, -0.2) is 9.18 Å². The Morgan fingerprint density at radius 3 is 2.52 bits per heavy atom. The number of methoxy groups -OCH3 is 1. The van der Waals surface area contributed by atoms with Gasteiger partial charge in [0.25, 0.3) is 0 Å². The van der Waals surface area contributed by atoms with Crippen molar-refractivity contribution in [1.29, 1.82) is 0 Å². The van der Waals surface area contributed by atoms with E-state index in [1.165, 1.54) is 19.2 Å². The number of rotatable bonds is 9. The molecule has 2 aromatic rings. The number of nitrogens with one attached hydrogen (secondary N) is 1. The molecule has 1 saturated heterocycles. The molecular weight excluding hydrogens is 421 g/mol. The van der Waals surface area contributed by atoms with E-state index in [0.29, 0.717) is 31.4 Å². The summed E-state index contributed by atoms with van der Waals surface area (Å²) in [6.45, 7) is 7.57. The molecule has 0 unspecified atom stereocenters. The number of piperidine rings is 1. The predicted molar refractivity (Wildman–Crippen MR) is 128 cm³/mol. The van der Waals surface area contributed by atoms with Gasteiger partial charge in [0.05, 0.1) is 20.3 Å². The molecule has 0 radical (unpaired) electrons. The smallest absolute Gasteiger partial charge is 0.318 e. The minimum atomic E-state index is -0.355. The Kier molecular flexibility index (Phi) is 8.95. The molecule has 3 rings (SSSR count). The van der Waals surface area contributed by atoms with Crippen LogP contribution < -0.4 is 14.8 Å². The fourth-order valence-electron chi connectivity index (χ4n) is 3.95. The Labute approximate surface area is 196 Å². The second-order valence-corrected chi connectivity index (χ2v) is 9.13. The number of likely N-dealkylation sites (tertiary alicyclic amines) is 1. The SMILES string of the molecule is COc1cc(F)ccc1CN(C(=O)NCc1ccc(OCC(C)C)cc1)C1CCN(C)CC1. The summed E-state index contributed by atoms with van der Waals surface area (Å²) in [6, 6.07) is 12.3. The molecule has 2 amide bonds. The van der Waals surface area contributed by atoms with Crippen molar-refractivity contribution in [2.45, 2.75) is 45.8 Å². The third kappa shape index (κ3) is 7.35. The Morgan fingerprint density at radius 2 is 1.88 bits per heavy atom. The number of benzene rings is 2. The van der Waals surface area contributed by atoms with E-state index in [4.69, 9.17) is 9.47 Å². The van der Waals surface area contributed by atoms with Crippen LogP contribution in [-0.2, 0) is 13.1 Å². The van der Waals surface area contributed by atoms with Crippen LogP contribution in [0.1, 0.15) is 37.8 Å². The number of nitrogens with zero attached hydrogens (tertiary/aromatic N) is 2. The normalized spacial score (nSPS) is 14.8. The molecule has 1 heterocycles. The summed E-state index contributed by atoms with van der Waals surface area (Å²) in [5.74, 6) is 1.40. The van der Waals surface area contributed by atoms with Crippen molar-refractivity contribution in [3.63, 3.8) is 0 Å². The van der Waals surface area contributed by atoms with Crippen LogP contribution in [0.5, 0.6) is 11.5 Å². The molecule has 1 fully saturated rings. The molecule has 180 valence electrons. The van der Waals surface area contributed by atoms with E-state index in [0.717, 1.165) is 42.8 Å². The number of ether oxygens (including phenoxy) is 2. The van der Waals surface area contributed by atoms with Gasteiger partial charge < -0.3 is 24.6 Å². The third-order valence-electron chi connectivity index (χ3n) is 5.93. The molecule has 1 aliphatic rings. The van der Waals surface area contributed by atoms with E-state index in [1.807, 2.05) is 29.2 Å². The molecular formula is C26H36FN3O3. The van der Waals surface area contributed by atoms with Crippen molar-refractivity contribution >= 4 is 6.03 Å². The monoisotopic (exact) mass is 457 g/mol. The Bertz CT molecular complexity index is 896. The second-order valence-electron chi connectivity index (χ2n) is 9.13. The Balaban J connectivity index is 1.67. The molecule has 33 heavy (non-hydrogen) atoms. The number of carbonyl (C=O) groups is 1. The lowest BCUT2D eigenvalue weighted by Crippen LogP contribution is -2.49. The van der Waals surface area contributed by atoms with Gasteiger partial charge in [-0.1, -0.05) is 32.0 Å². The first-order chi connectivity index (χ1) is 15.9. The lowest BCUT2D eigenvalue weighted by atomic mass is 10.0. The topological polar surface area (TPSA) is 54.0 Å². The van der Waals surface area contributed by atoms with Crippen molar-refractivity contribution in [2.24, 2.45) is 5.92 Å². The van der Waals surface area contributed by atoms with Crippen LogP contribution in [0.15, 0.2) is 42.5 Å². The van der Waals surface area contributed by atoms with Crippen molar-refractivity contribution in [3.05, 3.63) is 59.4 Å². The zero-order chi connectivity index (χ0) is 23.8. The van der Waals surface area contributed by atoms with E-state index in [2.05, 4.69) is 31.1 Å². The van der Waals surface area contributed by atoms with Crippen LogP contribution in [0.25, 0.3) is 0 Å². The van der Waals surface area contributed by atoms with E-state index >= 15 is 0 Å². The van der Waals surface area contributed by atoms with Crippen molar-refractivity contribution in [3.8, 4) is 11.5 Å². The molecule has 0 saturated carbocycles. The summed E-state index contributed by atoms with van der Waals surface area (Å²) in [6.07, 6.45) is 1.80. The summed E-state index contributed by atoms with van der Waals surface area (Å²) in [5.41, 5.74) is 1.79. The van der Waals surface area contributed by atoms with Crippen LogP contribution in [0.2, 0.25) is 0 Å². The fraction of sp³-hybridized carbons (Fsp3) is 0.500. The van der Waals surface area contributed by atoms with Gasteiger partial charge in [-0.05, 0) is 62.7 Å². The van der Waals surface area contributed by atoms with E-state index in [-0.39, 0.29) is 17.9 Å². The van der Waals surface area contributed by atoms with E-state index in [1.54, 1.807) is 6.07 Å². The van der Waals surface area contributed by atoms with Crippen LogP contribution in [0.4, 0.5) is 9.18 Å². The summed E-state index contributed by atoms with van der Waals surface area (Å²) in [7, 11) is 3.62. The first kappa shape index (κ1) is 24.8. The summed E-state index contributed by atoms with van der Waals surface area (Å²) in [5, 5.41) is 3.06. The molecule has 2 aromatic carbocycles. The minimum Gasteiger partial charge on any atom is -0.496 e. The first-order valence-electron chi connectivity index (χ1n) is 11.6. The van der Waals surface area contributed by atoms with Gasteiger partial charge in [-0.15, -0.1) is 0 Å². The fourth-order valence-corrected chi connectivity index (χ4v) is 3.95. The first-order valence-corrected chi connectivity index (χ1v) is 11.6. The molecule has 0 atom stereocenters. The van der Waals surface area contributed by atoms with Gasteiger partial charge in [0, 0.05) is 24.2 Å². The Hall–Kier alpha value is -2.80. The molecule has 0 aromatic heterocycles. The van der Waals surface area contributed by atoms with Crippen LogP contribution in [0.3, 0.4) is 0 Å². The summed E-state index contributed by atoms with van der Waals surface area (Å²) < 4.78 is 24.8.